The molecule has 2 aromatic heterocycles. The van der Waals surface area contributed by atoms with Crippen LogP contribution in [-0.2, 0) is 42.3 Å². The molecule has 2 aliphatic carbocycles. The first kappa shape index (κ1) is 18.3. The van der Waals surface area contributed by atoms with E-state index in [1.165, 1.54) is 22.3 Å². The molecule has 0 bridgehead atoms. The zero-order chi connectivity index (χ0) is 19.8. The Hall–Kier alpha value is -2.78. The molecule has 0 spiro atoms. The average Bonchev–Trinajstić information content (AvgIpc) is 3.47. The minimum atomic E-state index is -3.81. The molecule has 0 amide bonds. The molecular formula is C20H22N6O2S. The van der Waals surface area contributed by atoms with E-state index in [-0.39, 0.29) is 17.6 Å². The minimum absolute atomic E-state index is 0.0896. The summed E-state index contributed by atoms with van der Waals surface area (Å²) in [6.45, 7) is 0.0896. The molecule has 8 nitrogen and oxygen atoms in total. The summed E-state index contributed by atoms with van der Waals surface area (Å²) in [6.07, 6.45) is 8.19. The highest BCUT2D eigenvalue weighted by molar-refractivity contribution is 7.89. The average molecular weight is 411 g/mol. The summed E-state index contributed by atoms with van der Waals surface area (Å²) in [5.41, 5.74) is 7.16. The van der Waals surface area contributed by atoms with E-state index in [1.807, 2.05) is 6.07 Å². The van der Waals surface area contributed by atoms with Gasteiger partial charge in [0.05, 0.1) is 12.2 Å². The second-order valence-corrected chi connectivity index (χ2v) is 9.15. The Kier molecular flexibility index (Phi) is 4.56. The first-order chi connectivity index (χ1) is 14.1. The van der Waals surface area contributed by atoms with Gasteiger partial charge in [-0.1, -0.05) is 12.1 Å². The quantitative estimate of drug-likeness (QED) is 0.575. The normalized spacial score (nSPS) is 15.3. The van der Waals surface area contributed by atoms with E-state index in [2.05, 4.69) is 36.3 Å². The first-order valence-corrected chi connectivity index (χ1v) is 11.3. The van der Waals surface area contributed by atoms with Crippen molar-refractivity contribution in [1.82, 2.24) is 24.9 Å². The van der Waals surface area contributed by atoms with Crippen molar-refractivity contribution >= 4 is 21.7 Å². The van der Waals surface area contributed by atoms with Crippen LogP contribution in [0.4, 0.5) is 11.6 Å². The molecule has 0 saturated heterocycles. The number of nitrogens with one attached hydrogen (secondary N) is 3. The van der Waals surface area contributed by atoms with Gasteiger partial charge >= 0.3 is 0 Å². The molecule has 9 heteroatoms. The third kappa shape index (κ3) is 3.51. The van der Waals surface area contributed by atoms with Crippen LogP contribution in [0.5, 0.6) is 0 Å². The Morgan fingerprint density at radius 3 is 2.48 bits per heavy atom. The van der Waals surface area contributed by atoms with Gasteiger partial charge in [-0.3, -0.25) is 4.98 Å². The monoisotopic (exact) mass is 410 g/mol. The van der Waals surface area contributed by atoms with Gasteiger partial charge in [-0.2, -0.15) is 4.98 Å². The number of sulfonamides is 1. The van der Waals surface area contributed by atoms with E-state index >= 15 is 0 Å². The summed E-state index contributed by atoms with van der Waals surface area (Å²) in [5.74, 6) is 0.276. The van der Waals surface area contributed by atoms with Crippen LogP contribution >= 0.6 is 0 Å². The maximum Gasteiger partial charge on any atom is 0.276 e. The lowest BCUT2D eigenvalue weighted by atomic mass is 9.99. The van der Waals surface area contributed by atoms with Crippen molar-refractivity contribution in [3.05, 3.63) is 58.4 Å². The second kappa shape index (κ2) is 7.23. The summed E-state index contributed by atoms with van der Waals surface area (Å²) >= 11 is 0. The molecule has 3 aromatic rings. The third-order valence-corrected chi connectivity index (χ3v) is 6.81. The number of nitrogens with zero attached hydrogens (tertiary/aromatic N) is 3. The van der Waals surface area contributed by atoms with Gasteiger partial charge in [0.1, 0.15) is 0 Å². The Morgan fingerprint density at radius 1 is 1.03 bits per heavy atom. The van der Waals surface area contributed by atoms with Gasteiger partial charge in [-0.15, -0.1) is 5.10 Å². The molecule has 2 aliphatic rings. The predicted molar refractivity (Wildman–Crippen MR) is 108 cm³/mol. The fourth-order valence-corrected chi connectivity index (χ4v) is 5.09. The third-order valence-electron chi connectivity index (χ3n) is 5.60. The Balaban J connectivity index is 1.38. The van der Waals surface area contributed by atoms with Crippen molar-refractivity contribution in [1.29, 1.82) is 0 Å². The van der Waals surface area contributed by atoms with E-state index < -0.39 is 10.0 Å². The van der Waals surface area contributed by atoms with Crippen LogP contribution in [0.2, 0.25) is 0 Å². The molecule has 0 atom stereocenters. The first-order valence-electron chi connectivity index (χ1n) is 9.86. The molecule has 29 heavy (non-hydrogen) atoms. The summed E-state index contributed by atoms with van der Waals surface area (Å²) < 4.78 is 27.6. The highest BCUT2D eigenvalue weighted by Gasteiger charge is 2.25. The molecule has 0 fully saturated rings. The number of aryl methyl sites for hydroxylation is 2. The molecule has 5 rings (SSSR count). The largest absolute Gasteiger partial charge is 0.322 e. The lowest BCUT2D eigenvalue weighted by Crippen LogP contribution is -2.24. The predicted octanol–water partition coefficient (Wildman–Crippen LogP) is 2.40. The smallest absolute Gasteiger partial charge is 0.276 e. The van der Waals surface area contributed by atoms with Crippen LogP contribution in [0.1, 0.15) is 40.8 Å². The Labute approximate surface area is 169 Å². The number of fused-ring (bicyclic) bond motifs is 2. The molecule has 1 aromatic carbocycles. The van der Waals surface area contributed by atoms with Crippen LogP contribution in [0.3, 0.4) is 0 Å². The van der Waals surface area contributed by atoms with Gasteiger partial charge in [0.25, 0.3) is 15.2 Å². The van der Waals surface area contributed by atoms with Gasteiger partial charge in [-0.25, -0.2) is 18.2 Å². The van der Waals surface area contributed by atoms with Crippen LogP contribution in [0.25, 0.3) is 0 Å². The fourth-order valence-electron chi connectivity index (χ4n) is 4.24. The van der Waals surface area contributed by atoms with E-state index in [0.717, 1.165) is 44.2 Å². The molecule has 3 N–H and O–H groups in total. The molecule has 2 heterocycles. The lowest BCUT2D eigenvalue weighted by molar-refractivity contribution is 0.572. The van der Waals surface area contributed by atoms with Crippen molar-refractivity contribution in [3.63, 3.8) is 0 Å². The zero-order valence-electron chi connectivity index (χ0n) is 15.9. The molecule has 0 radical (unpaired) electrons. The number of aromatic amines is 1. The van der Waals surface area contributed by atoms with E-state index in [9.17, 15) is 8.42 Å². The maximum absolute atomic E-state index is 12.5. The number of H-pyrrole nitrogens is 1. The second-order valence-electron chi connectivity index (χ2n) is 7.47. The van der Waals surface area contributed by atoms with E-state index in [1.54, 1.807) is 18.3 Å². The van der Waals surface area contributed by atoms with Crippen molar-refractivity contribution in [2.75, 3.05) is 5.32 Å². The van der Waals surface area contributed by atoms with Gasteiger partial charge in [-0.05, 0) is 72.9 Å². The summed E-state index contributed by atoms with van der Waals surface area (Å²) in [4.78, 5) is 8.31. The number of hydrogen-bond acceptors (Lipinski definition) is 6. The van der Waals surface area contributed by atoms with Crippen LogP contribution in [0, 0.1) is 0 Å². The van der Waals surface area contributed by atoms with Gasteiger partial charge in [0.2, 0.25) is 5.95 Å². The number of benzene rings is 1. The Morgan fingerprint density at radius 2 is 1.79 bits per heavy atom. The van der Waals surface area contributed by atoms with Gasteiger partial charge in [0.15, 0.2) is 0 Å². The van der Waals surface area contributed by atoms with Crippen LogP contribution in [0.15, 0.2) is 35.6 Å². The van der Waals surface area contributed by atoms with Crippen molar-refractivity contribution in [3.8, 4) is 0 Å². The molecule has 0 aliphatic heterocycles. The van der Waals surface area contributed by atoms with Crippen LogP contribution < -0.4 is 10.0 Å². The number of hydrogen-bond donors (Lipinski definition) is 3. The number of pyridine rings is 1. The van der Waals surface area contributed by atoms with Gasteiger partial charge in [0, 0.05) is 11.9 Å². The highest BCUT2D eigenvalue weighted by atomic mass is 32.2. The molecule has 0 saturated carbocycles. The lowest BCUT2D eigenvalue weighted by Gasteiger charge is -2.15. The minimum Gasteiger partial charge on any atom is -0.322 e. The van der Waals surface area contributed by atoms with Crippen LogP contribution in [-0.4, -0.2) is 28.6 Å². The summed E-state index contributed by atoms with van der Waals surface area (Å²) in [6, 6.07) is 7.70. The van der Waals surface area contributed by atoms with Crippen molar-refractivity contribution in [2.24, 2.45) is 0 Å². The molecule has 0 unspecified atom stereocenters. The number of anilines is 2. The maximum atomic E-state index is 12.5. The standard InChI is InChI=1S/C20H22N6O2S/c27-29(28,22-12-15-7-1-2-10-21-15)20-24-19(25-26-20)23-18-16-8-3-5-13(16)11-14-6-4-9-17(14)18/h1-2,7,10-11,22H,3-6,8-9,12H2,(H2,23,24,25,26). The van der Waals surface area contributed by atoms with Gasteiger partial charge < -0.3 is 5.32 Å². The number of aromatic nitrogens is 4. The highest BCUT2D eigenvalue weighted by Crippen LogP contribution is 2.39. The SMILES string of the molecule is O=S(=O)(NCc1ccccn1)c1nc(Nc2c3c(cc4c2CCC4)CCC3)n[nH]1. The summed E-state index contributed by atoms with van der Waals surface area (Å²) in [7, 11) is -3.81. The summed E-state index contributed by atoms with van der Waals surface area (Å²) in [5, 5.41) is 9.75. The van der Waals surface area contributed by atoms with Crippen molar-refractivity contribution < 1.29 is 8.42 Å². The zero-order valence-corrected chi connectivity index (χ0v) is 16.7. The fraction of sp³-hybridized carbons (Fsp3) is 0.350. The molecule has 150 valence electrons. The van der Waals surface area contributed by atoms with E-state index in [0.29, 0.717) is 5.69 Å². The van der Waals surface area contributed by atoms with E-state index in [4.69, 9.17) is 0 Å². The number of rotatable bonds is 6. The topological polar surface area (TPSA) is 113 Å². The molecular weight excluding hydrogens is 388 g/mol. The van der Waals surface area contributed by atoms with Crippen molar-refractivity contribution in [2.45, 2.75) is 50.2 Å². The Bertz CT molecular complexity index is 1120.